The Morgan fingerprint density at radius 2 is 1.36 bits per heavy atom. The van der Waals surface area contributed by atoms with E-state index in [2.05, 4.69) is 9.46 Å². The Morgan fingerprint density at radius 1 is 0.786 bits per heavy atom. The molecule has 0 unspecified atom stereocenters. The molecule has 3 aromatic rings. The zero-order chi connectivity index (χ0) is 20.2. The molecule has 0 fully saturated rings. The first-order valence-electron chi connectivity index (χ1n) is 8.23. The van der Waals surface area contributed by atoms with E-state index >= 15 is 0 Å². The summed E-state index contributed by atoms with van der Waals surface area (Å²) in [4.78, 5) is -0.597. The van der Waals surface area contributed by atoms with E-state index in [1.807, 2.05) is 30.3 Å². The van der Waals surface area contributed by atoms with E-state index in [1.165, 1.54) is 12.1 Å². The first-order valence-corrected chi connectivity index (χ1v) is 9.72. The fourth-order valence-corrected chi connectivity index (χ4v) is 3.80. The first kappa shape index (κ1) is 19.8. The van der Waals surface area contributed by atoms with Gasteiger partial charge in [0.05, 0.1) is 0 Å². The summed E-state index contributed by atoms with van der Waals surface area (Å²) in [5, 5.41) is 0. The lowest BCUT2D eigenvalue weighted by Crippen LogP contribution is -2.20. The highest BCUT2D eigenvalue weighted by Gasteiger charge is 2.34. The predicted molar refractivity (Wildman–Crippen MR) is 99.6 cm³/mol. The molecule has 0 aromatic heterocycles. The minimum Gasteiger partial charge on any atom is -0.404 e. The molecule has 146 valence electrons. The van der Waals surface area contributed by atoms with Crippen molar-refractivity contribution in [3.05, 3.63) is 90.0 Å². The highest BCUT2D eigenvalue weighted by atomic mass is 32.2. The number of nitrogens with one attached hydrogen (secondary N) is 1. The number of hydrogen-bond donors (Lipinski definition) is 1. The van der Waals surface area contributed by atoms with Crippen LogP contribution in [0.3, 0.4) is 0 Å². The predicted octanol–water partition coefficient (Wildman–Crippen LogP) is 4.98. The summed E-state index contributed by atoms with van der Waals surface area (Å²) in [6, 6.07) is 20.9. The highest BCUT2D eigenvalue weighted by Crippen LogP contribution is 2.30. The fourth-order valence-electron chi connectivity index (χ4n) is 2.61. The number of ether oxygens (including phenoxy) is 1. The molecule has 0 aliphatic heterocycles. The van der Waals surface area contributed by atoms with Gasteiger partial charge in [-0.2, -0.15) is 0 Å². The van der Waals surface area contributed by atoms with Gasteiger partial charge in [-0.15, -0.1) is 13.2 Å². The molecule has 0 bridgehead atoms. The summed E-state index contributed by atoms with van der Waals surface area (Å²) in [6.45, 7) is 0. The molecular weight excluding hydrogens is 391 g/mol. The third-order valence-electron chi connectivity index (χ3n) is 3.82. The van der Waals surface area contributed by atoms with Crippen molar-refractivity contribution in [2.24, 2.45) is 0 Å². The van der Waals surface area contributed by atoms with Crippen molar-refractivity contribution < 1.29 is 26.3 Å². The Hall–Kier alpha value is -3.00. The van der Waals surface area contributed by atoms with Crippen LogP contribution in [0, 0.1) is 0 Å². The van der Waals surface area contributed by atoms with Crippen molar-refractivity contribution >= 4 is 15.7 Å². The third-order valence-corrected chi connectivity index (χ3v) is 5.24. The molecule has 0 aliphatic carbocycles. The van der Waals surface area contributed by atoms with Gasteiger partial charge in [-0.05, 0) is 41.8 Å². The average molecular weight is 407 g/mol. The monoisotopic (exact) mass is 407 g/mol. The van der Waals surface area contributed by atoms with Crippen LogP contribution < -0.4 is 9.46 Å². The zero-order valence-corrected chi connectivity index (χ0v) is 15.3. The fraction of sp³-hybridized carbons (Fsp3) is 0.100. The SMILES string of the molecule is O=S(=O)(Nc1ccc(Cc2ccccc2)cc1)c1ccccc1OC(F)(F)F. The summed E-state index contributed by atoms with van der Waals surface area (Å²) >= 11 is 0. The number of hydrogen-bond acceptors (Lipinski definition) is 3. The maximum atomic E-state index is 12.5. The lowest BCUT2D eigenvalue weighted by atomic mass is 10.1. The van der Waals surface area contributed by atoms with Crippen molar-refractivity contribution in [2.75, 3.05) is 4.72 Å². The van der Waals surface area contributed by atoms with Gasteiger partial charge < -0.3 is 4.74 Å². The second kappa shape index (κ2) is 7.93. The van der Waals surface area contributed by atoms with Crippen LogP contribution in [0.5, 0.6) is 5.75 Å². The van der Waals surface area contributed by atoms with Gasteiger partial charge in [0.1, 0.15) is 10.6 Å². The largest absolute Gasteiger partial charge is 0.573 e. The normalized spacial score (nSPS) is 11.8. The Labute approximate surface area is 160 Å². The molecule has 0 radical (unpaired) electrons. The maximum absolute atomic E-state index is 12.5. The molecule has 0 aliphatic rings. The number of halogens is 3. The quantitative estimate of drug-likeness (QED) is 0.627. The van der Waals surface area contributed by atoms with Gasteiger partial charge in [0, 0.05) is 5.69 Å². The highest BCUT2D eigenvalue weighted by molar-refractivity contribution is 7.92. The van der Waals surface area contributed by atoms with Crippen molar-refractivity contribution in [1.29, 1.82) is 0 Å². The number of anilines is 1. The van der Waals surface area contributed by atoms with E-state index in [0.29, 0.717) is 6.42 Å². The lowest BCUT2D eigenvalue weighted by Gasteiger charge is -2.14. The second-order valence-electron chi connectivity index (χ2n) is 5.96. The first-order chi connectivity index (χ1) is 13.2. The molecule has 0 amide bonds. The molecule has 1 N–H and O–H groups in total. The third kappa shape index (κ3) is 5.26. The molecule has 0 atom stereocenters. The van der Waals surface area contributed by atoms with Crippen molar-refractivity contribution in [1.82, 2.24) is 0 Å². The Bertz CT molecular complexity index is 1030. The molecule has 0 saturated carbocycles. The van der Waals surface area contributed by atoms with Crippen LogP contribution in [-0.4, -0.2) is 14.8 Å². The Morgan fingerprint density at radius 3 is 2.00 bits per heavy atom. The van der Waals surface area contributed by atoms with Gasteiger partial charge >= 0.3 is 6.36 Å². The number of rotatable bonds is 6. The molecule has 3 rings (SSSR count). The van der Waals surface area contributed by atoms with Gasteiger partial charge in [-0.25, -0.2) is 8.42 Å². The van der Waals surface area contributed by atoms with E-state index < -0.39 is 27.0 Å². The zero-order valence-electron chi connectivity index (χ0n) is 14.5. The topological polar surface area (TPSA) is 55.4 Å². The van der Waals surface area contributed by atoms with E-state index in [0.717, 1.165) is 23.3 Å². The van der Waals surface area contributed by atoms with Crippen LogP contribution in [0.4, 0.5) is 18.9 Å². The number of benzene rings is 3. The summed E-state index contributed by atoms with van der Waals surface area (Å²) in [6.07, 6.45) is -4.32. The van der Waals surface area contributed by atoms with E-state index in [4.69, 9.17) is 0 Å². The van der Waals surface area contributed by atoms with Gasteiger partial charge in [-0.3, -0.25) is 4.72 Å². The summed E-state index contributed by atoms with van der Waals surface area (Å²) < 4.78 is 68.7. The molecule has 0 heterocycles. The van der Waals surface area contributed by atoms with E-state index in [1.54, 1.807) is 24.3 Å². The van der Waals surface area contributed by atoms with Crippen LogP contribution in [0.15, 0.2) is 83.8 Å². The van der Waals surface area contributed by atoms with Crippen LogP contribution in [-0.2, 0) is 16.4 Å². The number of alkyl halides is 3. The molecule has 0 spiro atoms. The smallest absolute Gasteiger partial charge is 0.404 e. The lowest BCUT2D eigenvalue weighted by molar-refractivity contribution is -0.275. The summed E-state index contributed by atoms with van der Waals surface area (Å²) in [5.74, 6) is -0.789. The van der Waals surface area contributed by atoms with E-state index in [9.17, 15) is 21.6 Å². The Balaban J connectivity index is 1.78. The number of para-hydroxylation sites is 1. The van der Waals surface area contributed by atoms with Gasteiger partial charge in [0.15, 0.2) is 0 Å². The molecular formula is C20H16F3NO3S. The van der Waals surface area contributed by atoms with Gasteiger partial charge in [0.2, 0.25) is 0 Å². The average Bonchev–Trinajstić information content (AvgIpc) is 2.63. The molecule has 4 nitrogen and oxygen atoms in total. The van der Waals surface area contributed by atoms with Gasteiger partial charge in [-0.1, -0.05) is 54.6 Å². The van der Waals surface area contributed by atoms with Crippen molar-refractivity contribution in [2.45, 2.75) is 17.7 Å². The van der Waals surface area contributed by atoms with Crippen LogP contribution in [0.2, 0.25) is 0 Å². The maximum Gasteiger partial charge on any atom is 0.573 e. The minimum atomic E-state index is -5.00. The van der Waals surface area contributed by atoms with Crippen molar-refractivity contribution in [3.8, 4) is 5.75 Å². The second-order valence-corrected chi connectivity index (χ2v) is 7.61. The number of sulfonamides is 1. The van der Waals surface area contributed by atoms with Crippen molar-refractivity contribution in [3.63, 3.8) is 0 Å². The Kier molecular flexibility index (Phi) is 5.60. The van der Waals surface area contributed by atoms with Crippen LogP contribution in [0.25, 0.3) is 0 Å². The van der Waals surface area contributed by atoms with Gasteiger partial charge in [0.25, 0.3) is 10.0 Å². The van der Waals surface area contributed by atoms with Crippen LogP contribution in [0.1, 0.15) is 11.1 Å². The molecule has 3 aromatic carbocycles. The molecule has 28 heavy (non-hydrogen) atoms. The summed E-state index contributed by atoms with van der Waals surface area (Å²) in [7, 11) is -4.26. The summed E-state index contributed by atoms with van der Waals surface area (Å²) in [5.41, 5.74) is 2.31. The standard InChI is InChI=1S/C20H16F3NO3S/c21-20(22,23)27-18-8-4-5-9-19(18)28(25,26)24-17-12-10-16(11-13-17)14-15-6-2-1-3-7-15/h1-13,24H,14H2. The molecule has 8 heteroatoms. The van der Waals surface area contributed by atoms with E-state index in [-0.39, 0.29) is 5.69 Å². The minimum absolute atomic E-state index is 0.235. The van der Waals surface area contributed by atoms with Crippen LogP contribution >= 0.6 is 0 Å². The molecule has 0 saturated heterocycles.